The number of nitrogens with zero attached hydrogens (tertiary/aromatic N) is 6. The van der Waals surface area contributed by atoms with Crippen molar-refractivity contribution < 1.29 is 40.7 Å². The molecule has 1 aliphatic rings. The maximum absolute atomic E-state index is 12.5. The van der Waals surface area contributed by atoms with E-state index < -0.39 is 30.7 Å². The molecule has 0 bridgehead atoms. The molecule has 2 atom stereocenters. The molecule has 0 radical (unpaired) electrons. The van der Waals surface area contributed by atoms with Gasteiger partial charge in [-0.05, 0) is 57.5 Å². The van der Waals surface area contributed by atoms with E-state index in [1.807, 2.05) is 52.8 Å². The van der Waals surface area contributed by atoms with E-state index in [2.05, 4.69) is 34.3 Å². The second kappa shape index (κ2) is 23.1. The van der Waals surface area contributed by atoms with Crippen LogP contribution in [0.3, 0.4) is 0 Å². The van der Waals surface area contributed by atoms with Crippen LogP contribution in [0.15, 0.2) is 46.3 Å². The van der Waals surface area contributed by atoms with Crippen molar-refractivity contribution in [2.45, 2.75) is 89.2 Å². The molecule has 1 aliphatic heterocycles. The van der Waals surface area contributed by atoms with E-state index in [4.69, 9.17) is 37.9 Å². The summed E-state index contributed by atoms with van der Waals surface area (Å²) >= 11 is 15.7. The molecule has 6 N–H and O–H groups in total. The highest BCUT2D eigenvalue weighted by Crippen LogP contribution is 2.48. The number of unbranched alkanes of at least 4 members (excludes halogenated alkanes) is 1. The lowest BCUT2D eigenvalue weighted by Crippen LogP contribution is -2.37. The lowest BCUT2D eigenvalue weighted by molar-refractivity contribution is -0.669. The van der Waals surface area contributed by atoms with Crippen LogP contribution in [0.5, 0.6) is 0 Å². The van der Waals surface area contributed by atoms with Crippen molar-refractivity contribution in [3.8, 4) is 0 Å². The largest absolute Gasteiger partial charge is 0.344 e. The van der Waals surface area contributed by atoms with Gasteiger partial charge in [-0.2, -0.15) is 46.1 Å². The summed E-state index contributed by atoms with van der Waals surface area (Å²) in [5.41, 5.74) is 7.70. The average Bonchev–Trinajstić information content (AvgIpc) is 3.72. The Morgan fingerprint density at radius 2 is 1.55 bits per heavy atom. The maximum Gasteiger partial charge on any atom is 0.285 e. The number of hydrogen-bond acceptors (Lipinski definition) is 17. The maximum atomic E-state index is 12.5. The van der Waals surface area contributed by atoms with Crippen LogP contribution in [0.4, 0.5) is 23.5 Å². The quantitative estimate of drug-likeness (QED) is 0.0343. The summed E-state index contributed by atoms with van der Waals surface area (Å²) in [6, 6.07) is 11.1. The molecule has 4 aromatic rings. The van der Waals surface area contributed by atoms with Gasteiger partial charge in [0.15, 0.2) is 6.54 Å². The lowest BCUT2D eigenvalue weighted by atomic mass is 10.2. The Bertz CT molecular complexity index is 2190. The van der Waals surface area contributed by atoms with Gasteiger partial charge in [0, 0.05) is 54.1 Å². The van der Waals surface area contributed by atoms with E-state index in [9.17, 15) is 21.4 Å². The Balaban J connectivity index is 0.000000414. The molecule has 0 spiro atoms. The second-order valence-electron chi connectivity index (χ2n) is 12.9. The zero-order valence-electron chi connectivity index (χ0n) is 33.3. The normalized spacial score (nSPS) is 14.3. The fraction of sp³-hybridized carbons (Fsp3) is 0.486. The standard InChI is InChI=1S/C25H29Cl2N3O6S4.C6H12N6O2.C4H10/c1-4-28-36-40(34,35)17(3)10-12-30-21-14-19(27)6-8-23(21)38-25(30)15-24-29(11-9-16(2)39(31,32)33)20-13-18(26)5-7-22(20)37-24;1-3-12(2)6-8-4(10-13)7-5(9-6)11-14;1-3-4-2/h5-8,13-17,28H,4,9-12H2,1-3H3;13-14H,3H2,1-2H3,(H2,7,8,9,10,11);3-4H2,1-2H3/p+1. The van der Waals surface area contributed by atoms with Crippen molar-refractivity contribution in [2.24, 2.45) is 0 Å². The average molecular weight is 926 g/mol. The van der Waals surface area contributed by atoms with E-state index in [-0.39, 0.29) is 18.3 Å². The van der Waals surface area contributed by atoms with Crippen LogP contribution < -0.4 is 30.8 Å². The molecule has 3 heterocycles. The summed E-state index contributed by atoms with van der Waals surface area (Å²) in [6.07, 6.45) is 5.14. The first-order chi connectivity index (χ1) is 27.4. The van der Waals surface area contributed by atoms with Gasteiger partial charge in [-0.3, -0.25) is 15.0 Å². The molecule has 58 heavy (non-hydrogen) atoms. The van der Waals surface area contributed by atoms with Crippen molar-refractivity contribution in [3.63, 3.8) is 0 Å². The van der Waals surface area contributed by atoms with Crippen LogP contribution in [-0.2, 0) is 31.1 Å². The first kappa shape index (κ1) is 49.3. The highest BCUT2D eigenvalue weighted by molar-refractivity contribution is 8.04. The fourth-order valence-electron chi connectivity index (χ4n) is 4.85. The zero-order valence-corrected chi connectivity index (χ0v) is 38.1. The minimum atomic E-state index is -4.18. The molecule has 23 heteroatoms. The molecule has 0 fully saturated rings. The van der Waals surface area contributed by atoms with Gasteiger partial charge in [-0.25, -0.2) is 11.0 Å². The van der Waals surface area contributed by atoms with Gasteiger partial charge in [0.1, 0.15) is 4.70 Å². The van der Waals surface area contributed by atoms with Gasteiger partial charge in [0.05, 0.1) is 27.3 Å². The van der Waals surface area contributed by atoms with E-state index in [1.165, 1.54) is 42.9 Å². The molecule has 2 unspecified atom stereocenters. The molecule has 0 saturated heterocycles. The summed E-state index contributed by atoms with van der Waals surface area (Å²) in [4.78, 5) is 16.1. The highest BCUT2D eigenvalue weighted by atomic mass is 35.5. The number of thiazole rings is 1. The molecular weight excluding hydrogens is 874 g/mol. The third-order valence-electron chi connectivity index (χ3n) is 8.61. The topological polar surface area (TPSA) is 223 Å². The molecular formula is C35H52Cl2N9O8S4+. The number of hydroxylamine groups is 1. The van der Waals surface area contributed by atoms with Crippen molar-refractivity contribution in [1.29, 1.82) is 0 Å². The predicted molar refractivity (Wildman–Crippen MR) is 233 cm³/mol. The van der Waals surface area contributed by atoms with Gasteiger partial charge in [0.25, 0.3) is 37.1 Å². The highest BCUT2D eigenvalue weighted by Gasteiger charge is 2.31. The van der Waals surface area contributed by atoms with Crippen LogP contribution in [0.25, 0.3) is 16.3 Å². The fourth-order valence-corrected chi connectivity index (χ4v) is 8.71. The Labute approximate surface area is 358 Å². The van der Waals surface area contributed by atoms with Crippen molar-refractivity contribution in [2.75, 3.05) is 47.4 Å². The summed E-state index contributed by atoms with van der Waals surface area (Å²) in [7, 11) is -6.21. The smallest absolute Gasteiger partial charge is 0.285 e. The summed E-state index contributed by atoms with van der Waals surface area (Å²) in [6.45, 7) is 12.9. The number of anilines is 4. The Hall–Kier alpha value is -3.09. The molecule has 17 nitrogen and oxygen atoms in total. The number of hydrogen-bond donors (Lipinski definition) is 6. The molecule has 0 saturated carbocycles. The second-order valence-corrected chi connectivity index (χ2v) is 19.6. The number of aryl methyl sites for hydroxylation is 1. The minimum absolute atomic E-state index is 0.0353. The molecule has 0 aliphatic carbocycles. The molecule has 5 rings (SSSR count). The van der Waals surface area contributed by atoms with E-state index in [0.29, 0.717) is 48.6 Å². The van der Waals surface area contributed by atoms with Crippen molar-refractivity contribution in [1.82, 2.24) is 20.4 Å². The van der Waals surface area contributed by atoms with Gasteiger partial charge < -0.3 is 9.80 Å². The predicted octanol–water partition coefficient (Wildman–Crippen LogP) is 7.46. The first-order valence-electron chi connectivity index (χ1n) is 18.4. The third kappa shape index (κ3) is 14.0. The number of thioether (sulfide) groups is 1. The minimum Gasteiger partial charge on any atom is -0.344 e. The van der Waals surface area contributed by atoms with Gasteiger partial charge in [-0.15, -0.1) is 0 Å². The van der Waals surface area contributed by atoms with Crippen LogP contribution in [0.1, 0.15) is 72.2 Å². The zero-order chi connectivity index (χ0) is 43.2. The van der Waals surface area contributed by atoms with Crippen LogP contribution in [0, 0.1) is 0 Å². The Morgan fingerprint density at radius 3 is 2.12 bits per heavy atom. The summed E-state index contributed by atoms with van der Waals surface area (Å²) in [5.74, 6) is 0.273. The molecule has 2 aromatic carbocycles. The number of nitrogens with one attached hydrogen (secondary N) is 3. The summed E-state index contributed by atoms with van der Waals surface area (Å²) in [5, 5.41) is 18.3. The number of benzene rings is 2. The SMILES string of the molecule is CCCC.CCN(C)c1nc(NO)nc(NO)n1.CCNOS(=O)(=O)C(C)CCN1/C(=C/c2sc3ccc(Cl)cc3[n+]2CCC(C)S(=O)(=O)O)Sc2ccc(Cl)cc21. The van der Waals surface area contributed by atoms with E-state index in [0.717, 1.165) is 30.8 Å². The Morgan fingerprint density at radius 1 is 0.931 bits per heavy atom. The molecule has 0 amide bonds. The van der Waals surface area contributed by atoms with Gasteiger partial charge in [-0.1, -0.05) is 79.9 Å². The third-order valence-corrected chi connectivity index (χ3v) is 14.1. The van der Waals surface area contributed by atoms with E-state index in [1.54, 1.807) is 42.8 Å². The monoisotopic (exact) mass is 924 g/mol. The number of fused-ring (bicyclic) bond motifs is 2. The number of rotatable bonds is 17. The van der Waals surface area contributed by atoms with Crippen molar-refractivity contribution >= 4 is 106 Å². The van der Waals surface area contributed by atoms with Gasteiger partial charge in [0.2, 0.25) is 11.5 Å². The first-order valence-corrected chi connectivity index (χ1v) is 23.8. The number of aromatic nitrogens is 4. The number of halogens is 2. The molecule has 322 valence electrons. The van der Waals surface area contributed by atoms with Crippen LogP contribution >= 0.6 is 46.3 Å². The van der Waals surface area contributed by atoms with Gasteiger partial charge >= 0.3 is 0 Å². The summed E-state index contributed by atoms with van der Waals surface area (Å²) < 4.78 is 65.7. The molecule has 2 aromatic heterocycles. The van der Waals surface area contributed by atoms with Crippen LogP contribution in [0.2, 0.25) is 10.0 Å². The van der Waals surface area contributed by atoms with Crippen molar-refractivity contribution in [3.05, 3.63) is 56.5 Å². The van der Waals surface area contributed by atoms with Crippen LogP contribution in [-0.4, -0.2) is 83.9 Å². The van der Waals surface area contributed by atoms with E-state index >= 15 is 0 Å². The lowest BCUT2D eigenvalue weighted by Gasteiger charge is -2.22. The Kier molecular flexibility index (Phi) is 19.6.